The number of carbonyl (C=O) groups excluding carboxylic acids is 1. The molecule has 2 N–H and O–H groups in total. The molecule has 0 radical (unpaired) electrons. The van der Waals surface area contributed by atoms with E-state index >= 15 is 0 Å². The molecule has 0 saturated carbocycles. The minimum absolute atomic E-state index is 0.194. The van der Waals surface area contributed by atoms with E-state index in [0.29, 0.717) is 12.4 Å². The lowest BCUT2D eigenvalue weighted by Crippen LogP contribution is -2.35. The molecular formula is C15H22N4O2. The van der Waals surface area contributed by atoms with Crippen molar-refractivity contribution in [2.75, 3.05) is 32.4 Å². The second-order valence-corrected chi connectivity index (χ2v) is 6.08. The van der Waals surface area contributed by atoms with Crippen molar-refractivity contribution >= 4 is 11.9 Å². The van der Waals surface area contributed by atoms with E-state index < -0.39 is 0 Å². The van der Waals surface area contributed by atoms with Crippen LogP contribution < -0.4 is 5.73 Å². The normalized spacial score (nSPS) is 26.9. The van der Waals surface area contributed by atoms with E-state index in [1.54, 1.807) is 18.1 Å². The van der Waals surface area contributed by atoms with Crippen molar-refractivity contribution < 1.29 is 9.53 Å². The number of nitrogens with zero attached hydrogens (tertiary/aromatic N) is 3. The molecule has 114 valence electrons. The third-order valence-electron chi connectivity index (χ3n) is 4.45. The van der Waals surface area contributed by atoms with Gasteiger partial charge in [0.25, 0.3) is 0 Å². The number of rotatable bonds is 2. The Morgan fingerprint density at radius 1 is 1.43 bits per heavy atom. The Morgan fingerprint density at radius 3 is 3.00 bits per heavy atom. The fourth-order valence-electron chi connectivity index (χ4n) is 3.26. The van der Waals surface area contributed by atoms with Gasteiger partial charge in [0.1, 0.15) is 11.4 Å². The van der Waals surface area contributed by atoms with E-state index in [1.165, 1.54) is 0 Å². The molecule has 2 saturated heterocycles. The molecule has 1 aromatic heterocycles. The number of carbonyl (C=O) groups is 1. The Hall–Kier alpha value is -1.82. The molecule has 0 aliphatic carbocycles. The van der Waals surface area contributed by atoms with Gasteiger partial charge in [-0.2, -0.15) is 0 Å². The van der Waals surface area contributed by atoms with Gasteiger partial charge in [-0.3, -0.25) is 4.90 Å². The first kappa shape index (κ1) is 14.1. The third-order valence-corrected chi connectivity index (χ3v) is 4.45. The first-order valence-corrected chi connectivity index (χ1v) is 7.44. The van der Waals surface area contributed by atoms with Gasteiger partial charge in [0.15, 0.2) is 0 Å². The average Bonchev–Trinajstić information content (AvgIpc) is 2.62. The number of pyridine rings is 1. The zero-order chi connectivity index (χ0) is 14.9. The number of likely N-dealkylation sites (tertiary alicyclic amines) is 1. The monoisotopic (exact) mass is 290 g/mol. The lowest BCUT2D eigenvalue weighted by molar-refractivity contribution is 0.0443. The fourth-order valence-corrected chi connectivity index (χ4v) is 3.26. The van der Waals surface area contributed by atoms with Gasteiger partial charge >= 0.3 is 6.09 Å². The van der Waals surface area contributed by atoms with Crippen LogP contribution in [-0.2, 0) is 11.3 Å². The maximum absolute atomic E-state index is 11.6. The standard InChI is InChI=1S/C15H22N4O2/c1-18-11-15(21-14(18)20)5-3-8-19(9-6-15)10-12-4-2-7-17-13(12)16/h2,4,7H,3,5-6,8-11H2,1H3,(H2,16,17). The number of aromatic nitrogens is 1. The largest absolute Gasteiger partial charge is 0.441 e. The SMILES string of the molecule is CN1CC2(CCCN(Cc3cccnc3N)CC2)OC1=O. The van der Waals surface area contributed by atoms with Crippen LogP contribution in [0.2, 0.25) is 0 Å². The molecule has 6 heteroatoms. The summed E-state index contributed by atoms with van der Waals surface area (Å²) < 4.78 is 5.63. The second-order valence-electron chi connectivity index (χ2n) is 6.08. The smallest absolute Gasteiger partial charge is 0.410 e. The van der Waals surface area contributed by atoms with Crippen LogP contribution in [0.1, 0.15) is 24.8 Å². The predicted molar refractivity (Wildman–Crippen MR) is 79.6 cm³/mol. The highest BCUT2D eigenvalue weighted by Gasteiger charge is 2.44. The van der Waals surface area contributed by atoms with Gasteiger partial charge < -0.3 is 15.4 Å². The fraction of sp³-hybridized carbons (Fsp3) is 0.600. The van der Waals surface area contributed by atoms with Crippen molar-refractivity contribution in [3.63, 3.8) is 0 Å². The third kappa shape index (κ3) is 2.95. The molecule has 1 unspecified atom stereocenters. The summed E-state index contributed by atoms with van der Waals surface area (Å²) >= 11 is 0. The van der Waals surface area contributed by atoms with E-state index in [4.69, 9.17) is 10.5 Å². The van der Waals surface area contributed by atoms with Crippen LogP contribution in [0, 0.1) is 0 Å². The number of amides is 1. The summed E-state index contributed by atoms with van der Waals surface area (Å²) in [5.41, 5.74) is 6.69. The van der Waals surface area contributed by atoms with E-state index in [-0.39, 0.29) is 11.7 Å². The number of nitrogen functional groups attached to an aromatic ring is 1. The molecule has 0 aromatic carbocycles. The summed E-state index contributed by atoms with van der Waals surface area (Å²) in [4.78, 5) is 19.8. The molecular weight excluding hydrogens is 268 g/mol. The minimum Gasteiger partial charge on any atom is -0.441 e. The number of nitrogens with two attached hydrogens (primary N) is 1. The summed E-state index contributed by atoms with van der Waals surface area (Å²) in [6.07, 6.45) is 4.36. The molecule has 3 rings (SSSR count). The molecule has 3 heterocycles. The van der Waals surface area contributed by atoms with Gasteiger partial charge in [0, 0.05) is 38.3 Å². The van der Waals surface area contributed by atoms with Crippen molar-refractivity contribution in [3.05, 3.63) is 23.9 Å². The van der Waals surface area contributed by atoms with Gasteiger partial charge in [0.05, 0.1) is 6.54 Å². The Balaban J connectivity index is 1.64. The Kier molecular flexibility index (Phi) is 3.71. The van der Waals surface area contributed by atoms with Gasteiger partial charge in [0.2, 0.25) is 0 Å². The van der Waals surface area contributed by atoms with Crippen LogP contribution in [0.25, 0.3) is 0 Å². The summed E-state index contributed by atoms with van der Waals surface area (Å²) in [6.45, 7) is 3.42. The van der Waals surface area contributed by atoms with Crippen molar-refractivity contribution in [1.29, 1.82) is 0 Å². The summed E-state index contributed by atoms with van der Waals surface area (Å²) in [7, 11) is 1.80. The van der Waals surface area contributed by atoms with E-state index in [0.717, 1.165) is 44.5 Å². The van der Waals surface area contributed by atoms with Crippen LogP contribution in [0.4, 0.5) is 10.6 Å². The highest BCUT2D eigenvalue weighted by Crippen LogP contribution is 2.32. The molecule has 6 nitrogen and oxygen atoms in total. The average molecular weight is 290 g/mol. The first-order chi connectivity index (χ1) is 10.1. The van der Waals surface area contributed by atoms with Crippen molar-refractivity contribution in [2.45, 2.75) is 31.4 Å². The van der Waals surface area contributed by atoms with Crippen LogP contribution in [0.15, 0.2) is 18.3 Å². The van der Waals surface area contributed by atoms with Crippen molar-refractivity contribution in [3.8, 4) is 0 Å². The molecule has 1 aromatic rings. The van der Waals surface area contributed by atoms with E-state index in [9.17, 15) is 4.79 Å². The summed E-state index contributed by atoms with van der Waals surface area (Å²) in [5.74, 6) is 0.600. The molecule has 2 aliphatic heterocycles. The van der Waals surface area contributed by atoms with Crippen LogP contribution in [0.5, 0.6) is 0 Å². The molecule has 0 bridgehead atoms. The number of ether oxygens (including phenoxy) is 1. The van der Waals surface area contributed by atoms with E-state index in [1.807, 2.05) is 12.1 Å². The number of anilines is 1. The summed E-state index contributed by atoms with van der Waals surface area (Å²) in [5, 5.41) is 0. The second kappa shape index (κ2) is 5.52. The number of hydrogen-bond donors (Lipinski definition) is 1. The molecule has 2 aliphatic rings. The molecule has 1 spiro atoms. The maximum atomic E-state index is 11.6. The Bertz CT molecular complexity index is 536. The number of hydrogen-bond acceptors (Lipinski definition) is 5. The maximum Gasteiger partial charge on any atom is 0.410 e. The molecule has 1 atom stereocenters. The quantitative estimate of drug-likeness (QED) is 0.893. The van der Waals surface area contributed by atoms with Crippen LogP contribution in [0.3, 0.4) is 0 Å². The van der Waals surface area contributed by atoms with Gasteiger partial charge in [-0.15, -0.1) is 0 Å². The number of likely N-dealkylation sites (N-methyl/N-ethyl adjacent to an activating group) is 1. The Labute approximate surface area is 124 Å². The van der Waals surface area contributed by atoms with Crippen molar-refractivity contribution in [1.82, 2.24) is 14.8 Å². The molecule has 21 heavy (non-hydrogen) atoms. The van der Waals surface area contributed by atoms with E-state index in [2.05, 4.69) is 9.88 Å². The highest BCUT2D eigenvalue weighted by atomic mass is 16.6. The lowest BCUT2D eigenvalue weighted by Gasteiger charge is -2.25. The van der Waals surface area contributed by atoms with Gasteiger partial charge in [-0.1, -0.05) is 6.07 Å². The zero-order valence-corrected chi connectivity index (χ0v) is 12.4. The molecule has 2 fully saturated rings. The zero-order valence-electron chi connectivity index (χ0n) is 12.4. The topological polar surface area (TPSA) is 71.7 Å². The lowest BCUT2D eigenvalue weighted by atomic mass is 9.95. The Morgan fingerprint density at radius 2 is 2.29 bits per heavy atom. The van der Waals surface area contributed by atoms with Gasteiger partial charge in [-0.05, 0) is 25.5 Å². The van der Waals surface area contributed by atoms with Gasteiger partial charge in [-0.25, -0.2) is 9.78 Å². The van der Waals surface area contributed by atoms with Crippen LogP contribution >= 0.6 is 0 Å². The predicted octanol–water partition coefficient (Wildman–Crippen LogP) is 1.47. The summed E-state index contributed by atoms with van der Waals surface area (Å²) in [6, 6.07) is 3.94. The first-order valence-electron chi connectivity index (χ1n) is 7.44. The van der Waals surface area contributed by atoms with Crippen molar-refractivity contribution in [2.24, 2.45) is 0 Å². The highest BCUT2D eigenvalue weighted by molar-refractivity contribution is 5.70. The minimum atomic E-state index is -0.291. The molecule has 1 amide bonds. The van der Waals surface area contributed by atoms with Crippen LogP contribution in [-0.4, -0.2) is 53.2 Å².